The number of nitrogen functional groups attached to an aromatic ring is 1. The van der Waals surface area contributed by atoms with E-state index in [4.69, 9.17) is 10.5 Å². The molecule has 0 bridgehead atoms. The summed E-state index contributed by atoms with van der Waals surface area (Å²) in [5.41, 5.74) is 9.64. The van der Waals surface area contributed by atoms with Gasteiger partial charge in [0.25, 0.3) is 0 Å². The van der Waals surface area contributed by atoms with Crippen molar-refractivity contribution in [1.29, 1.82) is 0 Å². The van der Waals surface area contributed by atoms with Crippen LogP contribution in [-0.2, 0) is 0 Å². The summed E-state index contributed by atoms with van der Waals surface area (Å²) in [6.07, 6.45) is 0.366. The average Bonchev–Trinajstić information content (AvgIpc) is 2.67. The minimum atomic E-state index is -0.0722. The highest BCUT2D eigenvalue weighted by Gasteiger charge is 2.21. The molecule has 0 aliphatic heterocycles. The van der Waals surface area contributed by atoms with E-state index >= 15 is 0 Å². The van der Waals surface area contributed by atoms with Gasteiger partial charge in [0.15, 0.2) is 5.78 Å². The summed E-state index contributed by atoms with van der Waals surface area (Å²) in [5, 5.41) is 0. The second-order valence-corrected chi connectivity index (χ2v) is 5.95. The Morgan fingerprint density at radius 3 is 2.20 bits per heavy atom. The molecule has 3 rings (SSSR count). The molecule has 0 amide bonds. The summed E-state index contributed by atoms with van der Waals surface area (Å²) in [6, 6.07) is 25.0. The molecule has 0 aliphatic rings. The molecule has 0 radical (unpaired) electrons. The Morgan fingerprint density at radius 2 is 1.56 bits per heavy atom. The van der Waals surface area contributed by atoms with Gasteiger partial charge in [0.05, 0.1) is 7.11 Å². The molecule has 0 saturated carbocycles. The third-order valence-corrected chi connectivity index (χ3v) is 4.37. The lowest BCUT2D eigenvalue weighted by Gasteiger charge is -2.19. The van der Waals surface area contributed by atoms with Crippen molar-refractivity contribution >= 4 is 11.5 Å². The summed E-state index contributed by atoms with van der Waals surface area (Å²) in [5.74, 6) is 0.750. The third kappa shape index (κ3) is 3.89. The first-order valence-corrected chi connectivity index (χ1v) is 8.25. The van der Waals surface area contributed by atoms with Crippen LogP contribution in [0.4, 0.5) is 5.69 Å². The van der Waals surface area contributed by atoms with Crippen LogP contribution in [0.5, 0.6) is 5.75 Å². The van der Waals surface area contributed by atoms with Gasteiger partial charge in [-0.05, 0) is 41.5 Å². The second-order valence-electron chi connectivity index (χ2n) is 5.95. The molecule has 0 aliphatic carbocycles. The molecule has 3 nitrogen and oxygen atoms in total. The van der Waals surface area contributed by atoms with Gasteiger partial charge in [0, 0.05) is 23.6 Å². The number of carbonyl (C=O) groups excluding carboxylic acids is 1. The first kappa shape index (κ1) is 16.8. The number of anilines is 1. The lowest BCUT2D eigenvalue weighted by Crippen LogP contribution is -2.11. The Balaban J connectivity index is 1.92. The number of ether oxygens (including phenoxy) is 1. The molecule has 0 saturated heterocycles. The van der Waals surface area contributed by atoms with Crippen molar-refractivity contribution in [1.82, 2.24) is 0 Å². The van der Waals surface area contributed by atoms with E-state index in [2.05, 4.69) is 0 Å². The fourth-order valence-corrected chi connectivity index (χ4v) is 3.00. The number of para-hydroxylation sites is 1. The first-order valence-electron chi connectivity index (χ1n) is 8.25. The second kappa shape index (κ2) is 7.67. The van der Waals surface area contributed by atoms with E-state index in [-0.39, 0.29) is 11.7 Å². The zero-order valence-corrected chi connectivity index (χ0v) is 14.2. The van der Waals surface area contributed by atoms with Gasteiger partial charge in [0.2, 0.25) is 0 Å². The molecule has 0 heterocycles. The maximum atomic E-state index is 12.8. The molecule has 0 fully saturated rings. The van der Waals surface area contributed by atoms with E-state index in [0.717, 1.165) is 16.9 Å². The summed E-state index contributed by atoms with van der Waals surface area (Å²) in [6.45, 7) is 0. The predicted octanol–water partition coefficient (Wildman–Crippen LogP) is 4.68. The molecule has 1 atom stereocenters. The molecule has 3 aromatic carbocycles. The van der Waals surface area contributed by atoms with E-state index in [1.54, 1.807) is 19.2 Å². The van der Waals surface area contributed by atoms with Crippen LogP contribution in [0, 0.1) is 0 Å². The van der Waals surface area contributed by atoms with Gasteiger partial charge >= 0.3 is 0 Å². The molecule has 25 heavy (non-hydrogen) atoms. The SMILES string of the molecule is COc1ccc(C(=O)CC(c2ccccc2)c2ccccc2N)cc1. The summed E-state index contributed by atoms with van der Waals surface area (Å²) < 4.78 is 5.16. The Labute approximate surface area is 148 Å². The number of rotatable bonds is 6. The van der Waals surface area contributed by atoms with Crippen LogP contribution in [0.2, 0.25) is 0 Å². The van der Waals surface area contributed by atoms with E-state index in [1.165, 1.54) is 0 Å². The zero-order valence-electron chi connectivity index (χ0n) is 14.2. The predicted molar refractivity (Wildman–Crippen MR) is 101 cm³/mol. The highest BCUT2D eigenvalue weighted by atomic mass is 16.5. The van der Waals surface area contributed by atoms with E-state index in [0.29, 0.717) is 17.7 Å². The highest BCUT2D eigenvalue weighted by Crippen LogP contribution is 2.33. The summed E-state index contributed by atoms with van der Waals surface area (Å²) >= 11 is 0. The Kier molecular flexibility index (Phi) is 5.14. The van der Waals surface area contributed by atoms with Crippen molar-refractivity contribution < 1.29 is 9.53 Å². The molecular weight excluding hydrogens is 310 g/mol. The Morgan fingerprint density at radius 1 is 0.920 bits per heavy atom. The molecule has 3 heteroatoms. The molecule has 1 unspecified atom stereocenters. The standard InChI is InChI=1S/C22H21NO2/c1-25-18-13-11-17(12-14-18)22(24)15-20(16-7-3-2-4-8-16)19-9-5-6-10-21(19)23/h2-14,20H,15,23H2,1H3. The molecule has 126 valence electrons. The fourth-order valence-electron chi connectivity index (χ4n) is 3.00. The summed E-state index contributed by atoms with van der Waals surface area (Å²) in [7, 11) is 1.61. The molecule has 3 aromatic rings. The maximum Gasteiger partial charge on any atom is 0.163 e. The van der Waals surface area contributed by atoms with Crippen molar-refractivity contribution in [3.8, 4) is 5.75 Å². The zero-order chi connectivity index (χ0) is 17.6. The van der Waals surface area contributed by atoms with Gasteiger partial charge in [-0.15, -0.1) is 0 Å². The van der Waals surface area contributed by atoms with Gasteiger partial charge in [-0.2, -0.15) is 0 Å². The Hall–Kier alpha value is -3.07. The monoisotopic (exact) mass is 331 g/mol. The summed E-state index contributed by atoms with van der Waals surface area (Å²) in [4.78, 5) is 12.8. The van der Waals surface area contributed by atoms with Crippen LogP contribution in [0.3, 0.4) is 0 Å². The van der Waals surface area contributed by atoms with Gasteiger partial charge in [-0.1, -0.05) is 48.5 Å². The minimum Gasteiger partial charge on any atom is -0.497 e. The van der Waals surface area contributed by atoms with Gasteiger partial charge in [0.1, 0.15) is 5.75 Å². The van der Waals surface area contributed by atoms with Crippen LogP contribution in [0.15, 0.2) is 78.9 Å². The number of carbonyl (C=O) groups is 1. The van der Waals surface area contributed by atoms with Crippen LogP contribution < -0.4 is 10.5 Å². The van der Waals surface area contributed by atoms with Crippen LogP contribution in [-0.4, -0.2) is 12.9 Å². The number of methoxy groups -OCH3 is 1. The number of hydrogen-bond acceptors (Lipinski definition) is 3. The third-order valence-electron chi connectivity index (χ3n) is 4.37. The van der Waals surface area contributed by atoms with Crippen LogP contribution in [0.25, 0.3) is 0 Å². The van der Waals surface area contributed by atoms with Crippen molar-refractivity contribution in [2.75, 3.05) is 12.8 Å². The van der Waals surface area contributed by atoms with Crippen molar-refractivity contribution in [3.63, 3.8) is 0 Å². The number of ketones is 1. The number of nitrogens with two attached hydrogens (primary N) is 1. The van der Waals surface area contributed by atoms with Crippen molar-refractivity contribution in [2.24, 2.45) is 0 Å². The number of hydrogen-bond donors (Lipinski definition) is 1. The molecule has 0 aromatic heterocycles. The van der Waals surface area contributed by atoms with Crippen molar-refractivity contribution in [2.45, 2.75) is 12.3 Å². The fraction of sp³-hybridized carbons (Fsp3) is 0.136. The normalized spacial score (nSPS) is 11.7. The van der Waals surface area contributed by atoms with E-state index < -0.39 is 0 Å². The van der Waals surface area contributed by atoms with Gasteiger partial charge in [-0.25, -0.2) is 0 Å². The molecule has 2 N–H and O–H groups in total. The van der Waals surface area contributed by atoms with E-state index in [1.807, 2.05) is 66.7 Å². The smallest absolute Gasteiger partial charge is 0.163 e. The lowest BCUT2D eigenvalue weighted by atomic mass is 9.85. The van der Waals surface area contributed by atoms with Crippen LogP contribution >= 0.6 is 0 Å². The Bertz CT molecular complexity index is 841. The lowest BCUT2D eigenvalue weighted by molar-refractivity contribution is 0.0977. The van der Waals surface area contributed by atoms with E-state index in [9.17, 15) is 4.79 Å². The maximum absolute atomic E-state index is 12.8. The van der Waals surface area contributed by atoms with Crippen molar-refractivity contribution in [3.05, 3.63) is 95.6 Å². The molecule has 0 spiro atoms. The average molecular weight is 331 g/mol. The molecular formula is C22H21NO2. The first-order chi connectivity index (χ1) is 12.2. The highest BCUT2D eigenvalue weighted by molar-refractivity contribution is 5.97. The minimum absolute atomic E-state index is 0.0722. The van der Waals surface area contributed by atoms with Gasteiger partial charge < -0.3 is 10.5 Å². The van der Waals surface area contributed by atoms with Gasteiger partial charge in [-0.3, -0.25) is 4.79 Å². The topological polar surface area (TPSA) is 52.3 Å². The quantitative estimate of drug-likeness (QED) is 0.527. The number of benzene rings is 3. The van der Waals surface area contributed by atoms with Crippen LogP contribution in [0.1, 0.15) is 33.8 Å². The largest absolute Gasteiger partial charge is 0.497 e. The number of Topliss-reactive ketones (excluding diaryl/α,β-unsaturated/α-hetero) is 1.